The van der Waals surface area contributed by atoms with Crippen molar-refractivity contribution in [3.63, 3.8) is 0 Å². The van der Waals surface area contributed by atoms with Crippen LogP contribution in [0.1, 0.15) is 22.4 Å². The van der Waals surface area contributed by atoms with E-state index in [0.29, 0.717) is 25.5 Å². The molecule has 0 radical (unpaired) electrons. The lowest BCUT2D eigenvalue weighted by Gasteiger charge is -2.27. The van der Waals surface area contributed by atoms with Gasteiger partial charge in [0.25, 0.3) is 0 Å². The number of guanidine groups is 1. The lowest BCUT2D eigenvalue weighted by molar-refractivity contribution is -0.131. The predicted molar refractivity (Wildman–Crippen MR) is 125 cm³/mol. The van der Waals surface area contributed by atoms with Gasteiger partial charge in [0.05, 0.1) is 7.11 Å². The quantitative estimate of drug-likeness (QED) is 0.354. The average molecular weight is 514 g/mol. The van der Waals surface area contributed by atoms with E-state index in [-0.39, 0.29) is 29.9 Å². The summed E-state index contributed by atoms with van der Waals surface area (Å²) in [5, 5.41) is 8.58. The van der Waals surface area contributed by atoms with Crippen molar-refractivity contribution in [2.45, 2.75) is 25.9 Å². The van der Waals surface area contributed by atoms with Gasteiger partial charge in [0.1, 0.15) is 5.75 Å². The molecule has 0 saturated heterocycles. The number of nitrogens with one attached hydrogen (secondary N) is 2. The first-order valence-electron chi connectivity index (χ1n) is 9.10. The van der Waals surface area contributed by atoms with E-state index in [1.54, 1.807) is 25.5 Å². The first kappa shape index (κ1) is 22.5. The molecular weight excluding hydrogens is 487 g/mol. The summed E-state index contributed by atoms with van der Waals surface area (Å²) in [5.41, 5.74) is 2.35. The Hall–Kier alpha value is -1.81. The van der Waals surface area contributed by atoms with Crippen LogP contribution in [0.25, 0.3) is 0 Å². The van der Waals surface area contributed by atoms with Gasteiger partial charge in [-0.3, -0.25) is 9.79 Å². The van der Waals surface area contributed by atoms with Crippen molar-refractivity contribution in [2.24, 2.45) is 4.99 Å². The number of para-hydroxylation sites is 1. The minimum absolute atomic E-state index is 0. The molecule has 1 aliphatic heterocycles. The van der Waals surface area contributed by atoms with E-state index in [1.165, 1.54) is 10.4 Å². The molecule has 0 atom stereocenters. The molecule has 152 valence electrons. The minimum atomic E-state index is 0. The van der Waals surface area contributed by atoms with Crippen molar-refractivity contribution >= 4 is 47.2 Å². The molecule has 6 nitrogen and oxygen atoms in total. The van der Waals surface area contributed by atoms with Gasteiger partial charge in [0.2, 0.25) is 5.91 Å². The lowest BCUT2D eigenvalue weighted by Crippen LogP contribution is -2.40. The monoisotopic (exact) mass is 514 g/mol. The highest BCUT2D eigenvalue weighted by molar-refractivity contribution is 14.0. The van der Waals surface area contributed by atoms with Crippen molar-refractivity contribution in [3.8, 4) is 5.75 Å². The number of carbonyl (C=O) groups is 1. The molecule has 1 aromatic heterocycles. The minimum Gasteiger partial charge on any atom is -0.496 e. The second kappa shape index (κ2) is 11.3. The Bertz CT molecular complexity index is 809. The Labute approximate surface area is 187 Å². The van der Waals surface area contributed by atoms with Crippen molar-refractivity contribution in [1.29, 1.82) is 0 Å². The van der Waals surface area contributed by atoms with Crippen LogP contribution in [-0.4, -0.2) is 44.0 Å². The molecule has 0 aliphatic carbocycles. The highest BCUT2D eigenvalue weighted by Crippen LogP contribution is 2.24. The first-order valence-corrected chi connectivity index (χ1v) is 9.98. The molecule has 0 fully saturated rings. The van der Waals surface area contributed by atoms with Gasteiger partial charge in [-0.05, 0) is 29.5 Å². The van der Waals surface area contributed by atoms with E-state index in [9.17, 15) is 4.79 Å². The Balaban J connectivity index is 0.00000280. The Morgan fingerprint density at radius 1 is 1.29 bits per heavy atom. The number of amides is 1. The smallest absolute Gasteiger partial charge is 0.224 e. The van der Waals surface area contributed by atoms with Gasteiger partial charge < -0.3 is 20.3 Å². The summed E-state index contributed by atoms with van der Waals surface area (Å²) in [5.74, 6) is 1.69. The second-order valence-corrected chi connectivity index (χ2v) is 7.35. The third kappa shape index (κ3) is 5.84. The molecule has 1 aromatic carbocycles. The van der Waals surface area contributed by atoms with Crippen LogP contribution >= 0.6 is 35.3 Å². The number of benzene rings is 1. The third-order valence-corrected chi connectivity index (χ3v) is 5.68. The molecule has 0 spiro atoms. The fraction of sp³-hybridized carbons (Fsp3) is 0.400. The SMILES string of the molecule is CN=C(NCCC(=O)N1CCc2sccc2C1)NCc1ccccc1OC.I. The van der Waals surface area contributed by atoms with Crippen LogP contribution < -0.4 is 15.4 Å². The highest BCUT2D eigenvalue weighted by atomic mass is 127. The maximum absolute atomic E-state index is 12.5. The Morgan fingerprint density at radius 3 is 2.89 bits per heavy atom. The number of aliphatic imine (C=N–C) groups is 1. The summed E-state index contributed by atoms with van der Waals surface area (Å²) in [6.45, 7) is 2.70. The fourth-order valence-corrected chi connectivity index (χ4v) is 4.05. The van der Waals surface area contributed by atoms with Crippen molar-refractivity contribution < 1.29 is 9.53 Å². The maximum Gasteiger partial charge on any atom is 0.224 e. The molecule has 2 aromatic rings. The molecule has 3 rings (SSSR count). The summed E-state index contributed by atoms with van der Waals surface area (Å²) < 4.78 is 5.36. The van der Waals surface area contributed by atoms with Crippen molar-refractivity contribution in [2.75, 3.05) is 27.2 Å². The fourth-order valence-electron chi connectivity index (χ4n) is 3.16. The molecule has 28 heavy (non-hydrogen) atoms. The summed E-state index contributed by atoms with van der Waals surface area (Å²) in [6, 6.07) is 9.99. The zero-order valence-corrected chi connectivity index (χ0v) is 19.4. The van der Waals surface area contributed by atoms with E-state index < -0.39 is 0 Å². The predicted octanol–water partition coefficient (Wildman–Crippen LogP) is 3.01. The molecule has 2 N–H and O–H groups in total. The van der Waals surface area contributed by atoms with Crippen LogP contribution in [0.2, 0.25) is 0 Å². The van der Waals surface area contributed by atoms with E-state index in [4.69, 9.17) is 4.74 Å². The van der Waals surface area contributed by atoms with Gasteiger partial charge in [0, 0.05) is 50.1 Å². The van der Waals surface area contributed by atoms with Gasteiger partial charge in [0.15, 0.2) is 5.96 Å². The molecular formula is C20H27IN4O2S. The number of carbonyl (C=O) groups excluding carboxylic acids is 1. The van der Waals surface area contributed by atoms with E-state index in [2.05, 4.69) is 27.1 Å². The Morgan fingerprint density at radius 2 is 2.11 bits per heavy atom. The van der Waals surface area contributed by atoms with Crippen LogP contribution in [0.4, 0.5) is 0 Å². The summed E-state index contributed by atoms with van der Waals surface area (Å²) >= 11 is 1.79. The Kier molecular flexibility index (Phi) is 9.04. The van der Waals surface area contributed by atoms with Crippen LogP contribution in [0, 0.1) is 0 Å². The van der Waals surface area contributed by atoms with E-state index >= 15 is 0 Å². The van der Waals surface area contributed by atoms with Crippen LogP contribution in [0.3, 0.4) is 0 Å². The molecule has 0 saturated carbocycles. The zero-order chi connectivity index (χ0) is 19.1. The topological polar surface area (TPSA) is 66.0 Å². The van der Waals surface area contributed by atoms with Crippen LogP contribution in [-0.2, 0) is 24.3 Å². The van der Waals surface area contributed by atoms with E-state index in [1.807, 2.05) is 29.2 Å². The third-order valence-electron chi connectivity index (χ3n) is 4.65. The molecule has 1 aliphatic rings. The molecule has 1 amide bonds. The zero-order valence-electron chi connectivity index (χ0n) is 16.2. The molecule has 0 bridgehead atoms. The first-order chi connectivity index (χ1) is 13.2. The second-order valence-electron chi connectivity index (χ2n) is 6.35. The normalized spacial score (nSPS) is 13.4. The molecule has 2 heterocycles. The van der Waals surface area contributed by atoms with Crippen molar-refractivity contribution in [3.05, 3.63) is 51.7 Å². The van der Waals surface area contributed by atoms with Gasteiger partial charge in [-0.25, -0.2) is 0 Å². The average Bonchev–Trinajstić information content (AvgIpc) is 3.18. The highest BCUT2D eigenvalue weighted by Gasteiger charge is 2.21. The number of hydrogen-bond acceptors (Lipinski definition) is 4. The van der Waals surface area contributed by atoms with Crippen LogP contribution in [0.5, 0.6) is 5.75 Å². The number of ether oxygens (including phenoxy) is 1. The molecule has 8 heteroatoms. The number of nitrogens with zero attached hydrogens (tertiary/aromatic N) is 2. The van der Waals surface area contributed by atoms with Gasteiger partial charge in [-0.1, -0.05) is 18.2 Å². The summed E-state index contributed by atoms with van der Waals surface area (Å²) in [6.07, 6.45) is 1.42. The standard InChI is InChI=1S/C20H26N4O2S.HI/c1-21-20(23-13-15-5-3-4-6-17(15)26-2)22-10-7-19(25)24-11-8-18-16(14-24)9-12-27-18;/h3-6,9,12H,7-8,10-11,13-14H2,1-2H3,(H2,21,22,23);1H. The number of thiophene rings is 1. The number of rotatable bonds is 6. The van der Waals surface area contributed by atoms with Crippen molar-refractivity contribution in [1.82, 2.24) is 15.5 Å². The number of methoxy groups -OCH3 is 1. The number of fused-ring (bicyclic) bond motifs is 1. The number of hydrogen-bond donors (Lipinski definition) is 2. The number of halogens is 1. The van der Waals surface area contributed by atoms with Gasteiger partial charge in [-0.15, -0.1) is 35.3 Å². The lowest BCUT2D eigenvalue weighted by atomic mass is 10.1. The summed E-state index contributed by atoms with van der Waals surface area (Å²) in [4.78, 5) is 20.1. The van der Waals surface area contributed by atoms with Gasteiger partial charge >= 0.3 is 0 Å². The van der Waals surface area contributed by atoms with Gasteiger partial charge in [-0.2, -0.15) is 0 Å². The largest absolute Gasteiger partial charge is 0.496 e. The summed E-state index contributed by atoms with van der Waals surface area (Å²) in [7, 11) is 3.39. The maximum atomic E-state index is 12.5. The van der Waals surface area contributed by atoms with Crippen LogP contribution in [0.15, 0.2) is 40.7 Å². The molecule has 0 unspecified atom stereocenters. The van der Waals surface area contributed by atoms with E-state index in [0.717, 1.165) is 30.8 Å².